The highest BCUT2D eigenvalue weighted by molar-refractivity contribution is 5.83. The Kier molecular flexibility index (Phi) is 4.48. The maximum absolute atomic E-state index is 13.1. The van der Waals surface area contributed by atoms with Gasteiger partial charge in [0.05, 0.1) is 5.41 Å². The van der Waals surface area contributed by atoms with Crippen LogP contribution in [0.15, 0.2) is 0 Å². The summed E-state index contributed by atoms with van der Waals surface area (Å²) in [4.78, 5) is 15.1. The molecule has 20 heavy (non-hydrogen) atoms. The van der Waals surface area contributed by atoms with Gasteiger partial charge in [0.2, 0.25) is 5.91 Å². The molecule has 116 valence electrons. The fourth-order valence-electron chi connectivity index (χ4n) is 3.92. The first-order chi connectivity index (χ1) is 9.28. The second-order valence-electron chi connectivity index (χ2n) is 8.05. The quantitative estimate of drug-likeness (QED) is 0.862. The Labute approximate surface area is 124 Å². The maximum atomic E-state index is 13.1. The molecule has 0 radical (unpaired) electrons. The molecule has 1 heterocycles. The van der Waals surface area contributed by atoms with Gasteiger partial charge in [0.1, 0.15) is 0 Å². The molecule has 1 atom stereocenters. The zero-order valence-electron chi connectivity index (χ0n) is 14.0. The minimum Gasteiger partial charge on any atom is -0.342 e. The summed E-state index contributed by atoms with van der Waals surface area (Å²) in [5.41, 5.74) is 0.298. The van der Waals surface area contributed by atoms with Crippen molar-refractivity contribution in [2.24, 2.45) is 16.7 Å². The summed E-state index contributed by atoms with van der Waals surface area (Å²) in [5.74, 6) is 0.787. The van der Waals surface area contributed by atoms with Crippen molar-refractivity contribution in [1.29, 1.82) is 0 Å². The normalized spacial score (nSPS) is 30.7. The zero-order valence-corrected chi connectivity index (χ0v) is 14.0. The van der Waals surface area contributed by atoms with E-state index in [4.69, 9.17) is 0 Å². The van der Waals surface area contributed by atoms with E-state index >= 15 is 0 Å². The number of carbonyl (C=O) groups is 1. The summed E-state index contributed by atoms with van der Waals surface area (Å²) in [6, 6.07) is 0.451. The summed E-state index contributed by atoms with van der Waals surface area (Å²) >= 11 is 0. The van der Waals surface area contributed by atoms with E-state index in [0.717, 1.165) is 32.4 Å². The van der Waals surface area contributed by atoms with Gasteiger partial charge in [0, 0.05) is 19.6 Å². The molecule has 2 fully saturated rings. The van der Waals surface area contributed by atoms with Gasteiger partial charge in [-0.05, 0) is 50.0 Å². The molecule has 1 unspecified atom stereocenters. The van der Waals surface area contributed by atoms with Gasteiger partial charge >= 0.3 is 0 Å². The van der Waals surface area contributed by atoms with Crippen molar-refractivity contribution >= 4 is 5.91 Å². The van der Waals surface area contributed by atoms with E-state index in [-0.39, 0.29) is 5.41 Å². The maximum Gasteiger partial charge on any atom is 0.230 e. The first-order valence-corrected chi connectivity index (χ1v) is 8.26. The average Bonchev–Trinajstić information content (AvgIpc) is 2.87. The molecular weight excluding hydrogens is 248 g/mol. The molecule has 0 aromatic rings. The van der Waals surface area contributed by atoms with Crippen molar-refractivity contribution in [3.63, 3.8) is 0 Å². The van der Waals surface area contributed by atoms with Crippen molar-refractivity contribution in [3.8, 4) is 0 Å². The Morgan fingerprint density at radius 3 is 2.25 bits per heavy atom. The molecule has 0 aromatic carbocycles. The molecule has 3 nitrogen and oxygen atoms in total. The third-order valence-electron chi connectivity index (χ3n) is 5.90. The van der Waals surface area contributed by atoms with Crippen LogP contribution >= 0.6 is 0 Å². The van der Waals surface area contributed by atoms with Gasteiger partial charge in [-0.25, -0.2) is 0 Å². The Morgan fingerprint density at radius 1 is 1.20 bits per heavy atom. The van der Waals surface area contributed by atoms with E-state index in [1.54, 1.807) is 0 Å². The predicted octanol–water partition coefficient (Wildman–Crippen LogP) is 3.05. The molecule has 1 aliphatic carbocycles. The first-order valence-electron chi connectivity index (χ1n) is 8.26. The number of carbonyl (C=O) groups excluding carboxylic acids is 1. The van der Waals surface area contributed by atoms with Crippen LogP contribution in [0.25, 0.3) is 0 Å². The van der Waals surface area contributed by atoms with Crippen LogP contribution in [-0.4, -0.2) is 37.0 Å². The van der Waals surface area contributed by atoms with Crippen LogP contribution in [0.2, 0.25) is 0 Å². The van der Waals surface area contributed by atoms with Crippen LogP contribution in [0.5, 0.6) is 0 Å². The molecule has 3 heteroatoms. The molecule has 0 spiro atoms. The topological polar surface area (TPSA) is 32.3 Å². The molecule has 1 N–H and O–H groups in total. The second-order valence-corrected chi connectivity index (χ2v) is 8.05. The highest BCUT2D eigenvalue weighted by Crippen LogP contribution is 2.40. The monoisotopic (exact) mass is 280 g/mol. The molecule has 1 saturated carbocycles. The highest BCUT2D eigenvalue weighted by Gasteiger charge is 2.46. The van der Waals surface area contributed by atoms with Gasteiger partial charge in [-0.2, -0.15) is 0 Å². The van der Waals surface area contributed by atoms with Gasteiger partial charge in [-0.3, -0.25) is 4.79 Å². The van der Waals surface area contributed by atoms with Gasteiger partial charge < -0.3 is 10.2 Å². The Balaban J connectivity index is 2.05. The number of hydrogen-bond donors (Lipinski definition) is 1. The van der Waals surface area contributed by atoms with Crippen LogP contribution in [0, 0.1) is 16.7 Å². The van der Waals surface area contributed by atoms with Crippen LogP contribution in [-0.2, 0) is 4.79 Å². The number of nitrogens with zero attached hydrogens (tertiary/aromatic N) is 1. The van der Waals surface area contributed by atoms with Crippen LogP contribution in [0.3, 0.4) is 0 Å². The van der Waals surface area contributed by atoms with Crippen molar-refractivity contribution in [2.75, 3.05) is 20.1 Å². The number of amides is 1. The van der Waals surface area contributed by atoms with E-state index in [0.29, 0.717) is 23.3 Å². The first kappa shape index (κ1) is 15.8. The lowest BCUT2D eigenvalue weighted by Gasteiger charge is -2.42. The smallest absolute Gasteiger partial charge is 0.230 e. The van der Waals surface area contributed by atoms with Gasteiger partial charge in [-0.1, -0.05) is 27.7 Å². The third kappa shape index (κ3) is 2.88. The van der Waals surface area contributed by atoms with Gasteiger partial charge in [0.25, 0.3) is 0 Å². The van der Waals surface area contributed by atoms with Gasteiger partial charge in [0.15, 0.2) is 0 Å². The summed E-state index contributed by atoms with van der Waals surface area (Å²) in [6.45, 7) is 10.9. The fraction of sp³-hybridized carbons (Fsp3) is 0.941. The van der Waals surface area contributed by atoms with E-state index in [9.17, 15) is 4.79 Å². The molecule has 2 rings (SSSR count). The largest absolute Gasteiger partial charge is 0.342 e. The molecule has 0 bridgehead atoms. The molecule has 1 saturated heterocycles. The summed E-state index contributed by atoms with van der Waals surface area (Å²) in [7, 11) is 2.04. The number of rotatable bonds is 3. The molecule has 2 aliphatic rings. The minimum absolute atomic E-state index is 0.165. The summed E-state index contributed by atoms with van der Waals surface area (Å²) in [6.07, 6.45) is 5.80. The lowest BCUT2D eigenvalue weighted by molar-refractivity contribution is -0.145. The predicted molar refractivity (Wildman–Crippen MR) is 83.6 cm³/mol. The minimum atomic E-state index is -0.165. The fourth-order valence-corrected chi connectivity index (χ4v) is 3.92. The standard InChI is InChI=1S/C17H32N2O/c1-13(2)17(10-11-18-12-17)15(20)19(5)14-6-8-16(3,4)9-7-14/h13-14,18H,6-12H2,1-5H3. The Morgan fingerprint density at radius 2 is 1.80 bits per heavy atom. The zero-order chi connectivity index (χ0) is 15.0. The lowest BCUT2D eigenvalue weighted by Crippen LogP contribution is -2.51. The van der Waals surface area contributed by atoms with Crippen molar-refractivity contribution in [3.05, 3.63) is 0 Å². The van der Waals surface area contributed by atoms with Crippen LogP contribution in [0.4, 0.5) is 0 Å². The van der Waals surface area contributed by atoms with Crippen molar-refractivity contribution in [1.82, 2.24) is 10.2 Å². The molecule has 1 amide bonds. The van der Waals surface area contributed by atoms with Crippen molar-refractivity contribution < 1.29 is 4.79 Å². The van der Waals surface area contributed by atoms with E-state index < -0.39 is 0 Å². The molecule has 1 aliphatic heterocycles. The van der Waals surface area contributed by atoms with Crippen LogP contribution < -0.4 is 5.32 Å². The third-order valence-corrected chi connectivity index (χ3v) is 5.90. The average molecular weight is 280 g/mol. The highest BCUT2D eigenvalue weighted by atomic mass is 16.2. The summed E-state index contributed by atoms with van der Waals surface area (Å²) in [5, 5.41) is 3.40. The number of hydrogen-bond acceptors (Lipinski definition) is 2. The van der Waals surface area contributed by atoms with E-state index in [1.165, 1.54) is 12.8 Å². The van der Waals surface area contributed by atoms with E-state index in [1.807, 2.05) is 7.05 Å². The molecule has 0 aromatic heterocycles. The van der Waals surface area contributed by atoms with Gasteiger partial charge in [-0.15, -0.1) is 0 Å². The number of nitrogens with one attached hydrogen (secondary N) is 1. The Bertz CT molecular complexity index is 346. The second kappa shape index (κ2) is 5.67. The summed E-state index contributed by atoms with van der Waals surface area (Å²) < 4.78 is 0. The Hall–Kier alpha value is -0.570. The SMILES string of the molecule is CC(C)C1(C(=O)N(C)C2CCC(C)(C)CC2)CCNC1. The van der Waals surface area contributed by atoms with E-state index in [2.05, 4.69) is 37.9 Å². The van der Waals surface area contributed by atoms with Crippen LogP contribution in [0.1, 0.15) is 59.8 Å². The molecular formula is C17H32N2O. The van der Waals surface area contributed by atoms with Crippen molar-refractivity contribution in [2.45, 2.75) is 65.8 Å². The lowest BCUT2D eigenvalue weighted by atomic mass is 9.73.